The number of carbonyl (C=O) groups is 1. The Bertz CT molecular complexity index is 765. The molecule has 0 saturated carbocycles. The van der Waals surface area contributed by atoms with Crippen molar-refractivity contribution in [3.05, 3.63) is 65.0 Å². The van der Waals surface area contributed by atoms with Crippen LogP contribution in [0.15, 0.2) is 53.3 Å². The number of aromatic nitrogens is 1. The first kappa shape index (κ1) is 15.3. The van der Waals surface area contributed by atoms with Crippen LogP contribution in [0.3, 0.4) is 0 Å². The van der Waals surface area contributed by atoms with Crippen LogP contribution in [0, 0.1) is 11.3 Å². The molecule has 0 N–H and O–H groups in total. The topological polar surface area (TPSA) is 67.4 Å². The molecular formula is C17H15N3O2. The molecule has 0 spiro atoms. The summed E-state index contributed by atoms with van der Waals surface area (Å²) >= 11 is 0. The van der Waals surface area contributed by atoms with Crippen molar-refractivity contribution in [1.29, 1.82) is 5.26 Å². The van der Waals surface area contributed by atoms with Crippen LogP contribution < -0.4 is 0 Å². The highest BCUT2D eigenvalue weighted by molar-refractivity contribution is 6.09. The summed E-state index contributed by atoms with van der Waals surface area (Å²) in [6.45, 7) is 0. The van der Waals surface area contributed by atoms with E-state index in [0.717, 1.165) is 5.69 Å². The van der Waals surface area contributed by atoms with Gasteiger partial charge in [0.2, 0.25) is 0 Å². The van der Waals surface area contributed by atoms with Crippen molar-refractivity contribution in [1.82, 2.24) is 4.57 Å². The van der Waals surface area contributed by atoms with Crippen LogP contribution in [0.25, 0.3) is 6.08 Å². The van der Waals surface area contributed by atoms with Gasteiger partial charge in [-0.3, -0.25) is 4.79 Å². The standard InChI is InChI=1S/C17H15N3O2/c1-20-12-15(17(21)14-6-4-3-5-7-14)9-16(20)8-13(10-18)11-19-22-2/h3-9,11-12H,1-2H3/b13-8+,19-11+. The molecule has 1 aromatic carbocycles. The van der Waals surface area contributed by atoms with E-state index < -0.39 is 0 Å². The lowest BCUT2D eigenvalue weighted by molar-refractivity contribution is 0.103. The Balaban J connectivity index is 2.33. The Morgan fingerprint density at radius 1 is 1.32 bits per heavy atom. The van der Waals surface area contributed by atoms with Crippen molar-refractivity contribution in [2.75, 3.05) is 7.11 Å². The second-order valence-electron chi connectivity index (χ2n) is 4.59. The number of carbonyl (C=O) groups excluding carboxylic acids is 1. The lowest BCUT2D eigenvalue weighted by Crippen LogP contribution is -1.99. The maximum Gasteiger partial charge on any atom is 0.194 e. The van der Waals surface area contributed by atoms with Crippen molar-refractivity contribution in [2.24, 2.45) is 12.2 Å². The number of benzene rings is 1. The number of hydrogen-bond donors (Lipinski definition) is 0. The molecule has 5 nitrogen and oxygen atoms in total. The Morgan fingerprint density at radius 2 is 2.05 bits per heavy atom. The molecule has 0 radical (unpaired) electrons. The van der Waals surface area contributed by atoms with E-state index in [9.17, 15) is 4.79 Å². The summed E-state index contributed by atoms with van der Waals surface area (Å²) in [6.07, 6.45) is 4.71. The largest absolute Gasteiger partial charge is 0.399 e. The average Bonchev–Trinajstić information content (AvgIpc) is 2.92. The summed E-state index contributed by atoms with van der Waals surface area (Å²) in [5.74, 6) is -0.0556. The molecule has 0 fully saturated rings. The van der Waals surface area contributed by atoms with E-state index in [1.807, 2.05) is 31.3 Å². The first-order chi connectivity index (χ1) is 10.7. The van der Waals surface area contributed by atoms with Gasteiger partial charge in [-0.1, -0.05) is 35.5 Å². The summed E-state index contributed by atoms with van der Waals surface area (Å²) in [5.41, 5.74) is 2.27. The molecule has 5 heteroatoms. The van der Waals surface area contributed by atoms with Gasteiger partial charge in [-0.2, -0.15) is 5.26 Å². The van der Waals surface area contributed by atoms with E-state index in [2.05, 4.69) is 9.99 Å². The minimum atomic E-state index is -0.0556. The van der Waals surface area contributed by atoms with Crippen LogP contribution in [0.4, 0.5) is 0 Å². The van der Waals surface area contributed by atoms with Gasteiger partial charge in [-0.05, 0) is 12.1 Å². The summed E-state index contributed by atoms with van der Waals surface area (Å²) in [7, 11) is 3.22. The maximum atomic E-state index is 12.4. The van der Waals surface area contributed by atoms with Crippen LogP contribution in [0.5, 0.6) is 0 Å². The fraction of sp³-hybridized carbons (Fsp3) is 0.118. The lowest BCUT2D eigenvalue weighted by atomic mass is 10.1. The molecule has 0 bridgehead atoms. The highest BCUT2D eigenvalue weighted by Gasteiger charge is 2.12. The Kier molecular flexibility index (Phi) is 4.89. The molecule has 0 saturated heterocycles. The van der Waals surface area contributed by atoms with E-state index in [4.69, 9.17) is 5.26 Å². The molecule has 22 heavy (non-hydrogen) atoms. The second kappa shape index (κ2) is 7.04. The predicted molar refractivity (Wildman–Crippen MR) is 84.4 cm³/mol. The lowest BCUT2D eigenvalue weighted by Gasteiger charge is -1.96. The number of allylic oxidation sites excluding steroid dienone is 1. The molecule has 1 heterocycles. The van der Waals surface area contributed by atoms with E-state index in [1.54, 1.807) is 35.0 Å². The highest BCUT2D eigenvalue weighted by Crippen LogP contribution is 2.15. The zero-order valence-corrected chi connectivity index (χ0v) is 12.4. The monoisotopic (exact) mass is 293 g/mol. The van der Waals surface area contributed by atoms with Gasteiger partial charge in [0.15, 0.2) is 5.78 Å². The third-order valence-electron chi connectivity index (χ3n) is 3.07. The zero-order chi connectivity index (χ0) is 15.9. The Hall–Kier alpha value is -3.13. The van der Waals surface area contributed by atoms with Gasteiger partial charge < -0.3 is 9.40 Å². The summed E-state index contributed by atoms with van der Waals surface area (Å²) in [6, 6.07) is 12.8. The summed E-state index contributed by atoms with van der Waals surface area (Å²) in [4.78, 5) is 17.0. The maximum absolute atomic E-state index is 12.4. The van der Waals surface area contributed by atoms with Crippen LogP contribution in [0.1, 0.15) is 21.6 Å². The Morgan fingerprint density at radius 3 is 2.68 bits per heavy atom. The average molecular weight is 293 g/mol. The molecule has 0 amide bonds. The zero-order valence-electron chi connectivity index (χ0n) is 12.4. The van der Waals surface area contributed by atoms with E-state index in [-0.39, 0.29) is 5.78 Å². The normalized spacial score (nSPS) is 11.4. The van der Waals surface area contributed by atoms with Gasteiger partial charge in [-0.25, -0.2) is 0 Å². The number of nitrogens with zero attached hydrogens (tertiary/aromatic N) is 3. The first-order valence-electron chi connectivity index (χ1n) is 6.60. The molecule has 0 aliphatic rings. The van der Waals surface area contributed by atoms with Gasteiger partial charge >= 0.3 is 0 Å². The smallest absolute Gasteiger partial charge is 0.194 e. The van der Waals surface area contributed by atoms with Crippen molar-refractivity contribution in [2.45, 2.75) is 0 Å². The van der Waals surface area contributed by atoms with E-state index >= 15 is 0 Å². The van der Waals surface area contributed by atoms with Crippen molar-refractivity contribution < 1.29 is 9.63 Å². The number of aryl methyl sites for hydroxylation is 1. The van der Waals surface area contributed by atoms with E-state index in [1.165, 1.54) is 13.3 Å². The molecule has 0 atom stereocenters. The van der Waals surface area contributed by atoms with Crippen molar-refractivity contribution in [3.8, 4) is 6.07 Å². The third kappa shape index (κ3) is 3.49. The van der Waals surface area contributed by atoms with Gasteiger partial charge in [0, 0.05) is 30.1 Å². The SMILES string of the molecule is CO/N=C/C(C#N)=C/c1cc(C(=O)c2ccccc2)cn1C. The van der Waals surface area contributed by atoms with Gasteiger partial charge in [0.25, 0.3) is 0 Å². The quantitative estimate of drug-likeness (QED) is 0.368. The minimum Gasteiger partial charge on any atom is -0.399 e. The fourth-order valence-electron chi connectivity index (χ4n) is 1.97. The minimum absolute atomic E-state index is 0.0556. The highest BCUT2D eigenvalue weighted by atomic mass is 16.6. The van der Waals surface area contributed by atoms with Crippen LogP contribution in [-0.2, 0) is 11.9 Å². The molecule has 2 rings (SSSR count). The fourth-order valence-corrected chi connectivity index (χ4v) is 1.97. The number of nitriles is 1. The number of rotatable bonds is 5. The molecule has 0 unspecified atom stereocenters. The molecular weight excluding hydrogens is 278 g/mol. The number of hydrogen-bond acceptors (Lipinski definition) is 4. The van der Waals surface area contributed by atoms with Crippen LogP contribution in [-0.4, -0.2) is 23.7 Å². The van der Waals surface area contributed by atoms with Crippen molar-refractivity contribution >= 4 is 18.1 Å². The van der Waals surface area contributed by atoms with Crippen LogP contribution in [0.2, 0.25) is 0 Å². The van der Waals surface area contributed by atoms with Gasteiger partial charge in [-0.15, -0.1) is 0 Å². The summed E-state index contributed by atoms with van der Waals surface area (Å²) in [5, 5.41) is 12.6. The molecule has 1 aromatic heterocycles. The molecule has 2 aromatic rings. The molecule has 0 aliphatic heterocycles. The Labute approximate surface area is 128 Å². The van der Waals surface area contributed by atoms with Gasteiger partial charge in [0.05, 0.1) is 11.8 Å². The van der Waals surface area contributed by atoms with E-state index in [0.29, 0.717) is 16.7 Å². The number of ketones is 1. The molecule has 0 aliphatic carbocycles. The van der Waals surface area contributed by atoms with Gasteiger partial charge in [0.1, 0.15) is 13.2 Å². The van der Waals surface area contributed by atoms with Crippen molar-refractivity contribution in [3.63, 3.8) is 0 Å². The van der Waals surface area contributed by atoms with Crippen LogP contribution >= 0.6 is 0 Å². The first-order valence-corrected chi connectivity index (χ1v) is 6.60. The molecule has 110 valence electrons. The predicted octanol–water partition coefficient (Wildman–Crippen LogP) is 2.80. The third-order valence-corrected chi connectivity index (χ3v) is 3.07. The second-order valence-corrected chi connectivity index (χ2v) is 4.59. The number of oxime groups is 1. The summed E-state index contributed by atoms with van der Waals surface area (Å²) < 4.78 is 1.79.